The molecule has 2 amide bonds. The Morgan fingerprint density at radius 1 is 0.862 bits per heavy atom. The summed E-state index contributed by atoms with van der Waals surface area (Å²) in [6.07, 6.45) is 5.03. The average Bonchev–Trinajstić information content (AvgIpc) is 3.31. The Morgan fingerprint density at radius 2 is 1.59 bits per heavy atom. The molecule has 1 aromatic heterocycles. The van der Waals surface area contributed by atoms with Gasteiger partial charge in [-0.15, -0.1) is 11.3 Å². The second-order valence-corrected chi connectivity index (χ2v) is 8.71. The van der Waals surface area contributed by atoms with Crippen molar-refractivity contribution in [2.24, 2.45) is 0 Å². The maximum absolute atomic E-state index is 12.6. The number of fused-ring (bicyclic) bond motifs is 1. The Balaban J connectivity index is 1.26. The number of aryl methyl sites for hydroxylation is 2. The summed E-state index contributed by atoms with van der Waals surface area (Å²) in [5.41, 5.74) is 3.38. The quantitative estimate of drug-likeness (QED) is 0.708. The van der Waals surface area contributed by atoms with Gasteiger partial charge < -0.3 is 9.80 Å². The zero-order valence-corrected chi connectivity index (χ0v) is 17.4. The van der Waals surface area contributed by atoms with E-state index in [-0.39, 0.29) is 30.4 Å². The molecule has 2 heterocycles. The summed E-state index contributed by atoms with van der Waals surface area (Å²) in [6, 6.07) is 9.71. The number of carbonyl (C=O) groups is 3. The second-order valence-electron chi connectivity index (χ2n) is 7.76. The Bertz CT molecular complexity index is 899. The number of benzene rings is 1. The summed E-state index contributed by atoms with van der Waals surface area (Å²) in [5.74, 6) is 0.0763. The molecule has 1 aliphatic heterocycles. The van der Waals surface area contributed by atoms with E-state index in [1.165, 1.54) is 35.3 Å². The summed E-state index contributed by atoms with van der Waals surface area (Å²) in [6.45, 7) is 2.15. The lowest BCUT2D eigenvalue weighted by atomic mass is 9.89. The van der Waals surface area contributed by atoms with Gasteiger partial charge in [0.2, 0.25) is 5.91 Å². The normalized spacial score (nSPS) is 16.4. The molecule has 0 spiro atoms. The van der Waals surface area contributed by atoms with Crippen molar-refractivity contribution < 1.29 is 14.4 Å². The number of hydrogen-bond donors (Lipinski definition) is 0. The molecule has 1 saturated heterocycles. The molecular formula is C23H26N2O3S. The van der Waals surface area contributed by atoms with Gasteiger partial charge in [-0.2, -0.15) is 0 Å². The third kappa shape index (κ3) is 4.58. The Morgan fingerprint density at radius 3 is 2.31 bits per heavy atom. The molecule has 0 atom stereocenters. The van der Waals surface area contributed by atoms with Gasteiger partial charge >= 0.3 is 0 Å². The van der Waals surface area contributed by atoms with Gasteiger partial charge in [-0.3, -0.25) is 14.4 Å². The number of Topliss-reactive ketones (excluding diaryl/α,β-unsaturated/α-hetero) is 1. The molecule has 1 aliphatic carbocycles. The van der Waals surface area contributed by atoms with Crippen molar-refractivity contribution in [1.29, 1.82) is 0 Å². The van der Waals surface area contributed by atoms with Crippen LogP contribution in [0.25, 0.3) is 0 Å². The Kier molecular flexibility index (Phi) is 6.09. The fourth-order valence-electron chi connectivity index (χ4n) is 4.14. The Hall–Kier alpha value is -2.47. The van der Waals surface area contributed by atoms with Gasteiger partial charge in [0.15, 0.2) is 5.78 Å². The average molecular weight is 411 g/mol. The van der Waals surface area contributed by atoms with Crippen LogP contribution in [-0.2, 0) is 17.6 Å². The summed E-state index contributed by atoms with van der Waals surface area (Å²) in [5, 5.41) is 1.90. The number of nitrogens with zero attached hydrogens (tertiary/aromatic N) is 2. The van der Waals surface area contributed by atoms with Crippen LogP contribution in [0.5, 0.6) is 0 Å². The van der Waals surface area contributed by atoms with Crippen LogP contribution < -0.4 is 0 Å². The van der Waals surface area contributed by atoms with Gasteiger partial charge in [-0.25, -0.2) is 0 Å². The highest BCUT2D eigenvalue weighted by molar-refractivity contribution is 7.12. The maximum Gasteiger partial charge on any atom is 0.264 e. The molecule has 152 valence electrons. The number of rotatable bonds is 5. The van der Waals surface area contributed by atoms with E-state index in [9.17, 15) is 14.4 Å². The van der Waals surface area contributed by atoms with E-state index in [4.69, 9.17) is 0 Å². The van der Waals surface area contributed by atoms with Gasteiger partial charge in [0.25, 0.3) is 5.91 Å². The first kappa shape index (κ1) is 19.8. The monoisotopic (exact) mass is 410 g/mol. The first-order chi connectivity index (χ1) is 14.1. The Labute approximate surface area is 175 Å². The van der Waals surface area contributed by atoms with E-state index in [0.717, 1.165) is 23.3 Å². The molecule has 0 bridgehead atoms. The topological polar surface area (TPSA) is 57.7 Å². The van der Waals surface area contributed by atoms with Crippen LogP contribution in [0, 0.1) is 0 Å². The van der Waals surface area contributed by atoms with E-state index in [1.54, 1.807) is 9.80 Å². The first-order valence-electron chi connectivity index (χ1n) is 10.4. The van der Waals surface area contributed by atoms with Crippen LogP contribution in [-0.4, -0.2) is 53.6 Å². The van der Waals surface area contributed by atoms with Crippen molar-refractivity contribution in [3.05, 3.63) is 57.3 Å². The van der Waals surface area contributed by atoms with Gasteiger partial charge in [-0.05, 0) is 54.3 Å². The number of amides is 2. The second kappa shape index (κ2) is 8.91. The van der Waals surface area contributed by atoms with Crippen molar-refractivity contribution in [2.75, 3.05) is 26.2 Å². The fourth-order valence-corrected chi connectivity index (χ4v) is 4.84. The number of ketones is 1. The van der Waals surface area contributed by atoms with Crippen LogP contribution in [0.4, 0.5) is 0 Å². The van der Waals surface area contributed by atoms with E-state index in [2.05, 4.69) is 6.07 Å². The van der Waals surface area contributed by atoms with Gasteiger partial charge in [0.1, 0.15) is 0 Å². The third-order valence-electron chi connectivity index (χ3n) is 5.89. The molecule has 1 aromatic carbocycles. The largest absolute Gasteiger partial charge is 0.339 e. The molecule has 29 heavy (non-hydrogen) atoms. The molecule has 1 fully saturated rings. The number of thiophene rings is 1. The number of piperazine rings is 1. The zero-order valence-electron chi connectivity index (χ0n) is 16.6. The minimum absolute atomic E-state index is 0.000433. The maximum atomic E-state index is 12.6. The number of hydrogen-bond acceptors (Lipinski definition) is 4. The van der Waals surface area contributed by atoms with Crippen molar-refractivity contribution in [2.45, 2.75) is 38.5 Å². The predicted octanol–water partition coefficient (Wildman–Crippen LogP) is 3.57. The van der Waals surface area contributed by atoms with Gasteiger partial charge in [-0.1, -0.05) is 18.2 Å². The SMILES string of the molecule is O=C(CCC(=O)N1CCN(C(=O)c2cccs2)CC1)c1ccc2c(c1)CCCC2. The summed E-state index contributed by atoms with van der Waals surface area (Å²) < 4.78 is 0. The lowest BCUT2D eigenvalue weighted by molar-refractivity contribution is -0.132. The fraction of sp³-hybridized carbons (Fsp3) is 0.435. The highest BCUT2D eigenvalue weighted by atomic mass is 32.1. The highest BCUT2D eigenvalue weighted by Gasteiger charge is 2.25. The molecule has 5 nitrogen and oxygen atoms in total. The van der Waals surface area contributed by atoms with Crippen LogP contribution in [0.2, 0.25) is 0 Å². The van der Waals surface area contributed by atoms with E-state index >= 15 is 0 Å². The predicted molar refractivity (Wildman–Crippen MR) is 113 cm³/mol. The van der Waals surface area contributed by atoms with Gasteiger partial charge in [0, 0.05) is 44.6 Å². The van der Waals surface area contributed by atoms with Crippen molar-refractivity contribution in [3.8, 4) is 0 Å². The summed E-state index contributed by atoms with van der Waals surface area (Å²) in [4.78, 5) is 41.8. The molecule has 4 rings (SSSR count). The molecule has 0 N–H and O–H groups in total. The lowest BCUT2D eigenvalue weighted by Gasteiger charge is -2.34. The molecule has 0 saturated carbocycles. The molecular weight excluding hydrogens is 384 g/mol. The van der Waals surface area contributed by atoms with Crippen LogP contribution in [0.1, 0.15) is 56.8 Å². The smallest absolute Gasteiger partial charge is 0.264 e. The first-order valence-corrected chi connectivity index (χ1v) is 11.3. The minimum Gasteiger partial charge on any atom is -0.339 e. The molecule has 0 radical (unpaired) electrons. The van der Waals surface area contributed by atoms with Gasteiger partial charge in [0.05, 0.1) is 4.88 Å². The van der Waals surface area contributed by atoms with E-state index < -0.39 is 0 Å². The molecule has 6 heteroatoms. The van der Waals surface area contributed by atoms with Crippen LogP contribution in [0.15, 0.2) is 35.7 Å². The zero-order chi connectivity index (χ0) is 20.2. The van der Waals surface area contributed by atoms with E-state index in [0.29, 0.717) is 26.2 Å². The van der Waals surface area contributed by atoms with Crippen LogP contribution >= 0.6 is 11.3 Å². The third-order valence-corrected chi connectivity index (χ3v) is 6.75. The lowest BCUT2D eigenvalue weighted by Crippen LogP contribution is -2.50. The van der Waals surface area contributed by atoms with Crippen LogP contribution in [0.3, 0.4) is 0 Å². The summed E-state index contributed by atoms with van der Waals surface area (Å²) in [7, 11) is 0. The molecule has 2 aliphatic rings. The van der Waals surface area contributed by atoms with Crippen molar-refractivity contribution in [3.63, 3.8) is 0 Å². The molecule has 2 aromatic rings. The van der Waals surface area contributed by atoms with E-state index in [1.807, 2.05) is 29.6 Å². The highest BCUT2D eigenvalue weighted by Crippen LogP contribution is 2.23. The van der Waals surface area contributed by atoms with Crippen molar-refractivity contribution >= 4 is 28.9 Å². The van der Waals surface area contributed by atoms with Crippen molar-refractivity contribution in [1.82, 2.24) is 9.80 Å². The molecule has 0 unspecified atom stereocenters. The number of carbonyl (C=O) groups excluding carboxylic acids is 3. The standard InChI is InChI=1S/C23H26N2O3S/c26-20(19-8-7-17-4-1-2-5-18(17)16-19)9-10-22(27)24-11-13-25(14-12-24)23(28)21-6-3-15-29-21/h3,6-8,15-16H,1-2,4-5,9-14H2. The summed E-state index contributed by atoms with van der Waals surface area (Å²) >= 11 is 1.44. The minimum atomic E-state index is -0.000433.